The number of aromatic nitrogens is 1. The molecule has 0 spiro atoms. The van der Waals surface area contributed by atoms with E-state index in [2.05, 4.69) is 41.7 Å². The zero-order chi connectivity index (χ0) is 11.4. The van der Waals surface area contributed by atoms with Crippen LogP contribution in [0.5, 0.6) is 0 Å². The average Bonchev–Trinajstić information content (AvgIpc) is 2.85. The minimum Gasteiger partial charge on any atom is -0.310 e. The van der Waals surface area contributed by atoms with Gasteiger partial charge in [0.05, 0.1) is 5.69 Å². The Morgan fingerprint density at radius 2 is 2.25 bits per heavy atom. The molecule has 0 saturated carbocycles. The van der Waals surface area contributed by atoms with Crippen molar-refractivity contribution in [3.63, 3.8) is 0 Å². The zero-order valence-electron chi connectivity index (χ0n) is 9.62. The molecular weight excluding hydrogens is 236 g/mol. The van der Waals surface area contributed by atoms with Crippen LogP contribution in [-0.4, -0.2) is 11.5 Å². The normalized spacial score (nSPS) is 10.9. The first kappa shape index (κ1) is 11.8. The smallest absolute Gasteiger partial charge is 0.107 e. The molecule has 2 heterocycles. The SMILES string of the molecule is Cc1nc(CNCCc2cccs2)sc1C. The Hall–Kier alpha value is -0.710. The molecule has 0 bridgehead atoms. The van der Waals surface area contributed by atoms with Crippen molar-refractivity contribution >= 4 is 22.7 Å². The van der Waals surface area contributed by atoms with Crippen LogP contribution in [0.25, 0.3) is 0 Å². The molecule has 0 saturated heterocycles. The van der Waals surface area contributed by atoms with Gasteiger partial charge in [0.15, 0.2) is 0 Å². The van der Waals surface area contributed by atoms with Gasteiger partial charge in [-0.05, 0) is 31.7 Å². The predicted molar refractivity (Wildman–Crippen MR) is 71.3 cm³/mol. The summed E-state index contributed by atoms with van der Waals surface area (Å²) in [6, 6.07) is 4.29. The molecule has 0 aromatic carbocycles. The van der Waals surface area contributed by atoms with Crippen LogP contribution in [0.2, 0.25) is 0 Å². The van der Waals surface area contributed by atoms with E-state index in [4.69, 9.17) is 0 Å². The van der Waals surface area contributed by atoms with Gasteiger partial charge in [-0.25, -0.2) is 4.98 Å². The lowest BCUT2D eigenvalue weighted by Crippen LogP contribution is -2.16. The highest BCUT2D eigenvalue weighted by atomic mass is 32.1. The molecule has 86 valence electrons. The molecule has 2 nitrogen and oxygen atoms in total. The van der Waals surface area contributed by atoms with Crippen LogP contribution in [0.15, 0.2) is 17.5 Å². The highest BCUT2D eigenvalue weighted by Crippen LogP contribution is 2.16. The molecule has 0 aliphatic rings. The molecule has 2 rings (SSSR count). The largest absolute Gasteiger partial charge is 0.310 e. The molecule has 0 fully saturated rings. The van der Waals surface area contributed by atoms with Crippen LogP contribution >= 0.6 is 22.7 Å². The Balaban J connectivity index is 1.72. The molecule has 0 aliphatic heterocycles. The molecule has 0 amide bonds. The number of rotatable bonds is 5. The van der Waals surface area contributed by atoms with Gasteiger partial charge >= 0.3 is 0 Å². The van der Waals surface area contributed by atoms with Gasteiger partial charge < -0.3 is 5.32 Å². The summed E-state index contributed by atoms with van der Waals surface area (Å²) in [6.07, 6.45) is 1.11. The average molecular weight is 252 g/mol. The Bertz CT molecular complexity index is 412. The zero-order valence-corrected chi connectivity index (χ0v) is 11.3. The van der Waals surface area contributed by atoms with Crippen molar-refractivity contribution < 1.29 is 0 Å². The van der Waals surface area contributed by atoms with Crippen molar-refractivity contribution in [3.05, 3.63) is 38.0 Å². The maximum Gasteiger partial charge on any atom is 0.107 e. The van der Waals surface area contributed by atoms with Crippen molar-refractivity contribution in [2.24, 2.45) is 0 Å². The summed E-state index contributed by atoms with van der Waals surface area (Å²) < 4.78 is 0. The topological polar surface area (TPSA) is 24.9 Å². The highest BCUT2D eigenvalue weighted by molar-refractivity contribution is 7.11. The van der Waals surface area contributed by atoms with Gasteiger partial charge in [-0.1, -0.05) is 6.07 Å². The van der Waals surface area contributed by atoms with E-state index in [9.17, 15) is 0 Å². The summed E-state index contributed by atoms with van der Waals surface area (Å²) in [7, 11) is 0. The Morgan fingerprint density at radius 3 is 2.88 bits per heavy atom. The van der Waals surface area contributed by atoms with Crippen molar-refractivity contribution in [2.75, 3.05) is 6.54 Å². The second-order valence-electron chi connectivity index (χ2n) is 3.76. The molecule has 2 aromatic heterocycles. The lowest BCUT2D eigenvalue weighted by Gasteiger charge is -2.00. The third-order valence-corrected chi connectivity index (χ3v) is 4.49. The van der Waals surface area contributed by atoms with Crippen LogP contribution in [0.4, 0.5) is 0 Å². The van der Waals surface area contributed by atoms with Gasteiger partial charge in [-0.15, -0.1) is 22.7 Å². The third kappa shape index (κ3) is 3.14. The highest BCUT2D eigenvalue weighted by Gasteiger charge is 2.02. The van der Waals surface area contributed by atoms with Crippen LogP contribution in [0.1, 0.15) is 20.5 Å². The lowest BCUT2D eigenvalue weighted by atomic mass is 10.3. The summed E-state index contributed by atoms with van der Waals surface area (Å²) >= 11 is 3.61. The summed E-state index contributed by atoms with van der Waals surface area (Å²) in [5, 5.41) is 6.76. The number of aryl methyl sites for hydroxylation is 2. The minimum atomic E-state index is 0.894. The fourth-order valence-corrected chi connectivity index (χ4v) is 3.09. The number of thiophene rings is 1. The van der Waals surface area contributed by atoms with Gasteiger partial charge in [0.1, 0.15) is 5.01 Å². The molecule has 0 aliphatic carbocycles. The molecule has 1 N–H and O–H groups in total. The van der Waals surface area contributed by atoms with E-state index in [-0.39, 0.29) is 0 Å². The first-order valence-corrected chi connectivity index (χ1v) is 7.11. The molecule has 4 heteroatoms. The molecule has 0 atom stereocenters. The van der Waals surface area contributed by atoms with Crippen molar-refractivity contribution in [2.45, 2.75) is 26.8 Å². The van der Waals surface area contributed by atoms with E-state index in [0.717, 1.165) is 19.5 Å². The number of hydrogen-bond acceptors (Lipinski definition) is 4. The second-order valence-corrected chi connectivity index (χ2v) is 6.08. The molecule has 0 unspecified atom stereocenters. The van der Waals surface area contributed by atoms with Gasteiger partial charge in [0.25, 0.3) is 0 Å². The lowest BCUT2D eigenvalue weighted by molar-refractivity contribution is 0.686. The Kier molecular flexibility index (Phi) is 4.09. The van der Waals surface area contributed by atoms with Crippen LogP contribution in [-0.2, 0) is 13.0 Å². The van der Waals surface area contributed by atoms with Crippen LogP contribution in [0.3, 0.4) is 0 Å². The second kappa shape index (κ2) is 5.57. The number of thiazole rings is 1. The van der Waals surface area contributed by atoms with Crippen molar-refractivity contribution in [1.82, 2.24) is 10.3 Å². The number of nitrogens with one attached hydrogen (secondary N) is 1. The van der Waals surface area contributed by atoms with Gasteiger partial charge in [-0.2, -0.15) is 0 Å². The van der Waals surface area contributed by atoms with E-state index < -0.39 is 0 Å². The fraction of sp³-hybridized carbons (Fsp3) is 0.417. The van der Waals surface area contributed by atoms with Crippen LogP contribution < -0.4 is 5.32 Å². The van der Waals surface area contributed by atoms with E-state index in [1.54, 1.807) is 11.3 Å². The first-order valence-electron chi connectivity index (χ1n) is 5.41. The summed E-state index contributed by atoms with van der Waals surface area (Å²) in [5.74, 6) is 0. The predicted octanol–water partition coefficient (Wildman–Crippen LogP) is 3.15. The van der Waals surface area contributed by atoms with E-state index in [1.165, 1.54) is 20.5 Å². The van der Waals surface area contributed by atoms with Crippen LogP contribution in [0, 0.1) is 13.8 Å². The quantitative estimate of drug-likeness (QED) is 0.827. The van der Waals surface area contributed by atoms with Gasteiger partial charge in [0.2, 0.25) is 0 Å². The summed E-state index contributed by atoms with van der Waals surface area (Å²) in [5.41, 5.74) is 1.17. The van der Waals surface area contributed by atoms with Gasteiger partial charge in [0, 0.05) is 22.8 Å². The molecule has 0 radical (unpaired) electrons. The van der Waals surface area contributed by atoms with Crippen molar-refractivity contribution in [3.8, 4) is 0 Å². The maximum absolute atomic E-state index is 4.50. The number of hydrogen-bond donors (Lipinski definition) is 1. The Morgan fingerprint density at radius 1 is 1.38 bits per heavy atom. The summed E-state index contributed by atoms with van der Waals surface area (Å²) in [4.78, 5) is 7.28. The molecular formula is C12H16N2S2. The first-order chi connectivity index (χ1) is 7.75. The minimum absolute atomic E-state index is 0.894. The van der Waals surface area contributed by atoms with E-state index >= 15 is 0 Å². The van der Waals surface area contributed by atoms with E-state index in [0.29, 0.717) is 0 Å². The third-order valence-electron chi connectivity index (χ3n) is 2.48. The molecule has 2 aromatic rings. The Labute approximate surface area is 104 Å². The fourth-order valence-electron chi connectivity index (χ4n) is 1.48. The summed E-state index contributed by atoms with van der Waals surface area (Å²) in [6.45, 7) is 6.12. The maximum atomic E-state index is 4.50. The molecule has 16 heavy (non-hydrogen) atoms. The van der Waals surface area contributed by atoms with Gasteiger partial charge in [-0.3, -0.25) is 0 Å². The van der Waals surface area contributed by atoms with Crippen molar-refractivity contribution in [1.29, 1.82) is 0 Å². The number of nitrogens with zero attached hydrogens (tertiary/aromatic N) is 1. The monoisotopic (exact) mass is 252 g/mol. The van der Waals surface area contributed by atoms with E-state index in [1.807, 2.05) is 11.3 Å². The standard InChI is InChI=1S/C12H16N2S2/c1-9-10(2)16-12(14-9)8-13-6-5-11-4-3-7-15-11/h3-4,7,13H,5-6,8H2,1-2H3.